The smallest absolute Gasteiger partial charge is 0.310 e. The molecule has 0 fully saturated rings. The van der Waals surface area contributed by atoms with E-state index in [1.54, 1.807) is 37.3 Å². The molecule has 3 rings (SSSR count). The van der Waals surface area contributed by atoms with Gasteiger partial charge in [-0.1, -0.05) is 23.7 Å². The predicted octanol–water partition coefficient (Wildman–Crippen LogP) is 4.34. The van der Waals surface area contributed by atoms with Crippen molar-refractivity contribution in [2.24, 2.45) is 0 Å². The Labute approximate surface area is 126 Å². The van der Waals surface area contributed by atoms with Gasteiger partial charge < -0.3 is 9.52 Å². The second kappa shape index (κ2) is 5.22. The fourth-order valence-corrected chi connectivity index (χ4v) is 2.29. The quantitative estimate of drug-likeness (QED) is 0.781. The molecule has 0 spiro atoms. The highest BCUT2D eigenvalue weighted by Gasteiger charge is 2.16. The summed E-state index contributed by atoms with van der Waals surface area (Å²) in [5.74, 6) is -0.985. The lowest BCUT2D eigenvalue weighted by atomic mass is 10.0. The molecule has 0 saturated heterocycles. The summed E-state index contributed by atoms with van der Waals surface area (Å²) in [5.41, 5.74) is 2.73. The number of halogens is 1. The number of hydrogen-bond acceptors (Lipinski definition) is 3. The van der Waals surface area contributed by atoms with Crippen LogP contribution in [0.3, 0.4) is 0 Å². The van der Waals surface area contributed by atoms with Gasteiger partial charge in [0.25, 0.3) is 0 Å². The van der Waals surface area contributed by atoms with Crippen molar-refractivity contribution in [3.05, 3.63) is 53.1 Å². The molecule has 0 bridgehead atoms. The Balaban J connectivity index is 2.06. The number of fused-ring (bicyclic) bond motifs is 1. The van der Waals surface area contributed by atoms with Crippen LogP contribution in [-0.4, -0.2) is 16.1 Å². The highest BCUT2D eigenvalue weighted by atomic mass is 35.5. The van der Waals surface area contributed by atoms with Crippen molar-refractivity contribution >= 4 is 28.7 Å². The van der Waals surface area contributed by atoms with Gasteiger partial charge in [-0.05, 0) is 42.8 Å². The van der Waals surface area contributed by atoms with Crippen molar-refractivity contribution < 1.29 is 14.3 Å². The molecule has 0 aliphatic carbocycles. The molecule has 106 valence electrons. The molecular formula is C16H12ClNO3. The van der Waals surface area contributed by atoms with Crippen molar-refractivity contribution in [1.82, 2.24) is 4.98 Å². The largest absolute Gasteiger partial charge is 0.481 e. The Kier molecular flexibility index (Phi) is 3.39. The molecule has 21 heavy (non-hydrogen) atoms. The summed E-state index contributed by atoms with van der Waals surface area (Å²) in [4.78, 5) is 15.4. The number of benzene rings is 2. The summed E-state index contributed by atoms with van der Waals surface area (Å²) in [6, 6.07) is 12.5. The van der Waals surface area contributed by atoms with Crippen LogP contribution >= 0.6 is 11.6 Å². The van der Waals surface area contributed by atoms with Crippen molar-refractivity contribution in [3.63, 3.8) is 0 Å². The van der Waals surface area contributed by atoms with Crippen LogP contribution in [0.4, 0.5) is 0 Å². The predicted molar refractivity (Wildman–Crippen MR) is 80.5 cm³/mol. The lowest BCUT2D eigenvalue weighted by Crippen LogP contribution is -2.06. The number of aliphatic carboxylic acids is 1. The first-order valence-electron chi connectivity index (χ1n) is 6.44. The van der Waals surface area contributed by atoms with Crippen LogP contribution in [0.1, 0.15) is 18.4 Å². The minimum absolute atomic E-state index is 0.465. The number of hydrogen-bond donors (Lipinski definition) is 1. The van der Waals surface area contributed by atoms with Gasteiger partial charge in [-0.15, -0.1) is 0 Å². The van der Waals surface area contributed by atoms with E-state index in [9.17, 15) is 4.79 Å². The Morgan fingerprint density at radius 2 is 2.10 bits per heavy atom. The number of rotatable bonds is 3. The van der Waals surface area contributed by atoms with E-state index in [0.29, 0.717) is 27.6 Å². The Morgan fingerprint density at radius 3 is 2.81 bits per heavy atom. The fraction of sp³-hybridized carbons (Fsp3) is 0.125. The average Bonchev–Trinajstić information content (AvgIpc) is 2.89. The first kappa shape index (κ1) is 13.6. The SMILES string of the molecule is C[C@H](C(=O)O)c1ccc2oc(-c3cccc(Cl)c3)nc2c1. The van der Waals surface area contributed by atoms with Crippen molar-refractivity contribution in [2.75, 3.05) is 0 Å². The molecule has 0 amide bonds. The van der Waals surface area contributed by atoms with Crippen LogP contribution in [0.15, 0.2) is 46.9 Å². The normalized spacial score (nSPS) is 12.5. The Morgan fingerprint density at radius 1 is 1.29 bits per heavy atom. The highest BCUT2D eigenvalue weighted by molar-refractivity contribution is 6.30. The number of aromatic nitrogens is 1. The van der Waals surface area contributed by atoms with Gasteiger partial charge in [0.05, 0.1) is 5.92 Å². The van der Waals surface area contributed by atoms with Crippen LogP contribution in [0.2, 0.25) is 5.02 Å². The molecule has 0 aliphatic rings. The van der Waals surface area contributed by atoms with Gasteiger partial charge in [-0.2, -0.15) is 0 Å². The molecule has 4 nitrogen and oxygen atoms in total. The third-order valence-corrected chi connectivity index (χ3v) is 3.59. The summed E-state index contributed by atoms with van der Waals surface area (Å²) in [6.45, 7) is 1.64. The second-order valence-electron chi connectivity index (χ2n) is 4.82. The molecule has 2 aromatic carbocycles. The second-order valence-corrected chi connectivity index (χ2v) is 5.25. The van der Waals surface area contributed by atoms with Crippen LogP contribution in [0.25, 0.3) is 22.6 Å². The van der Waals surface area contributed by atoms with Gasteiger partial charge in [0.1, 0.15) is 5.52 Å². The molecule has 1 aromatic heterocycles. The van der Waals surface area contributed by atoms with Gasteiger partial charge >= 0.3 is 5.97 Å². The topological polar surface area (TPSA) is 63.3 Å². The first-order chi connectivity index (χ1) is 10.0. The van der Waals surface area contributed by atoms with E-state index in [-0.39, 0.29) is 0 Å². The molecule has 1 heterocycles. The van der Waals surface area contributed by atoms with E-state index in [1.165, 1.54) is 0 Å². The first-order valence-corrected chi connectivity index (χ1v) is 6.81. The van der Waals surface area contributed by atoms with Crippen molar-refractivity contribution in [3.8, 4) is 11.5 Å². The third kappa shape index (κ3) is 2.62. The molecule has 1 atom stereocenters. The zero-order valence-electron chi connectivity index (χ0n) is 11.2. The molecule has 0 aliphatic heterocycles. The zero-order chi connectivity index (χ0) is 15.0. The number of carboxylic acids is 1. The highest BCUT2D eigenvalue weighted by Crippen LogP contribution is 2.28. The fourth-order valence-electron chi connectivity index (χ4n) is 2.10. The number of carboxylic acid groups (broad SMARTS) is 1. The molecule has 0 saturated carbocycles. The molecule has 3 aromatic rings. The van der Waals surface area contributed by atoms with Gasteiger partial charge in [-0.25, -0.2) is 4.98 Å². The van der Waals surface area contributed by atoms with E-state index in [2.05, 4.69) is 4.98 Å². The van der Waals surface area contributed by atoms with Crippen LogP contribution in [0, 0.1) is 0 Å². The summed E-state index contributed by atoms with van der Waals surface area (Å²) in [7, 11) is 0. The minimum Gasteiger partial charge on any atom is -0.481 e. The minimum atomic E-state index is -0.868. The number of carbonyl (C=O) groups is 1. The third-order valence-electron chi connectivity index (χ3n) is 3.35. The Hall–Kier alpha value is -2.33. The monoisotopic (exact) mass is 301 g/mol. The average molecular weight is 302 g/mol. The molecule has 0 unspecified atom stereocenters. The number of oxazole rings is 1. The van der Waals surface area contributed by atoms with Crippen molar-refractivity contribution in [2.45, 2.75) is 12.8 Å². The summed E-state index contributed by atoms with van der Waals surface area (Å²) >= 11 is 5.96. The van der Waals surface area contributed by atoms with E-state index in [0.717, 1.165) is 5.56 Å². The molecule has 5 heteroatoms. The molecule has 0 radical (unpaired) electrons. The zero-order valence-corrected chi connectivity index (χ0v) is 12.0. The van der Waals surface area contributed by atoms with Crippen LogP contribution in [0.5, 0.6) is 0 Å². The summed E-state index contributed by atoms with van der Waals surface area (Å²) in [6.07, 6.45) is 0. The maximum absolute atomic E-state index is 11.0. The van der Waals surface area contributed by atoms with E-state index in [4.69, 9.17) is 21.1 Å². The van der Waals surface area contributed by atoms with Gasteiger partial charge in [0, 0.05) is 10.6 Å². The summed E-state index contributed by atoms with van der Waals surface area (Å²) < 4.78 is 5.69. The van der Waals surface area contributed by atoms with Gasteiger partial charge in [0.2, 0.25) is 5.89 Å². The van der Waals surface area contributed by atoms with E-state index in [1.807, 2.05) is 12.1 Å². The molecular weight excluding hydrogens is 290 g/mol. The van der Waals surface area contributed by atoms with Crippen LogP contribution < -0.4 is 0 Å². The maximum Gasteiger partial charge on any atom is 0.310 e. The van der Waals surface area contributed by atoms with Crippen molar-refractivity contribution in [1.29, 1.82) is 0 Å². The van der Waals surface area contributed by atoms with Gasteiger partial charge in [0.15, 0.2) is 5.58 Å². The van der Waals surface area contributed by atoms with E-state index < -0.39 is 11.9 Å². The maximum atomic E-state index is 11.0. The molecule has 1 N–H and O–H groups in total. The van der Waals surface area contributed by atoms with Gasteiger partial charge in [-0.3, -0.25) is 4.79 Å². The van der Waals surface area contributed by atoms with Crippen LogP contribution in [-0.2, 0) is 4.79 Å². The Bertz CT molecular complexity index is 825. The van der Waals surface area contributed by atoms with E-state index >= 15 is 0 Å². The lowest BCUT2D eigenvalue weighted by Gasteiger charge is -2.04. The summed E-state index contributed by atoms with van der Waals surface area (Å²) in [5, 5.41) is 9.67. The standard InChI is InChI=1S/C16H12ClNO3/c1-9(16(19)20)10-5-6-14-13(8-10)18-15(21-14)11-3-2-4-12(17)7-11/h2-9H,1H3,(H,19,20)/t9-/m0/s1. The lowest BCUT2D eigenvalue weighted by molar-refractivity contribution is -0.138. The number of nitrogens with zero attached hydrogens (tertiary/aromatic N) is 1.